The van der Waals surface area contributed by atoms with E-state index < -0.39 is 0 Å². The Hall–Kier alpha value is -0.420. The number of rotatable bonds is 8. The SMILES string of the molecule is CCNC(=NCC(C)(C)SC)NCC(C)CN1CCCCC1. The second-order valence-electron chi connectivity index (χ2n) is 7.01. The first-order chi connectivity index (χ1) is 10.5. The Balaban J connectivity index is 2.37. The third kappa shape index (κ3) is 8.28. The highest BCUT2D eigenvalue weighted by molar-refractivity contribution is 7.99. The van der Waals surface area contributed by atoms with Gasteiger partial charge in [0.2, 0.25) is 0 Å². The van der Waals surface area contributed by atoms with Gasteiger partial charge in [-0.05, 0) is 58.9 Å². The third-order valence-corrected chi connectivity index (χ3v) is 5.39. The summed E-state index contributed by atoms with van der Waals surface area (Å²) in [7, 11) is 0. The van der Waals surface area contributed by atoms with Crippen molar-refractivity contribution in [3.63, 3.8) is 0 Å². The van der Waals surface area contributed by atoms with Crippen molar-refractivity contribution in [2.45, 2.75) is 51.7 Å². The van der Waals surface area contributed by atoms with Gasteiger partial charge in [-0.1, -0.05) is 13.3 Å². The average Bonchev–Trinajstić information content (AvgIpc) is 2.51. The van der Waals surface area contributed by atoms with E-state index in [2.05, 4.69) is 49.5 Å². The van der Waals surface area contributed by atoms with Crippen LogP contribution >= 0.6 is 11.8 Å². The molecule has 0 aromatic rings. The fourth-order valence-corrected chi connectivity index (χ4v) is 2.79. The predicted octanol–water partition coefficient (Wildman–Crippen LogP) is 2.81. The van der Waals surface area contributed by atoms with Crippen LogP contribution in [0.25, 0.3) is 0 Å². The summed E-state index contributed by atoms with van der Waals surface area (Å²) in [6, 6.07) is 0. The van der Waals surface area contributed by atoms with Crippen LogP contribution < -0.4 is 10.6 Å². The number of piperidine rings is 1. The van der Waals surface area contributed by atoms with Crippen LogP contribution in [0.15, 0.2) is 4.99 Å². The van der Waals surface area contributed by atoms with E-state index in [1.807, 2.05) is 11.8 Å². The van der Waals surface area contributed by atoms with Gasteiger partial charge in [-0.3, -0.25) is 4.99 Å². The smallest absolute Gasteiger partial charge is 0.191 e. The minimum absolute atomic E-state index is 0.196. The van der Waals surface area contributed by atoms with Crippen LogP contribution in [0.2, 0.25) is 0 Å². The molecule has 0 amide bonds. The van der Waals surface area contributed by atoms with E-state index in [0.717, 1.165) is 25.6 Å². The highest BCUT2D eigenvalue weighted by Crippen LogP contribution is 2.20. The molecule has 2 N–H and O–H groups in total. The molecule has 1 aliphatic heterocycles. The van der Waals surface area contributed by atoms with Crippen molar-refractivity contribution in [1.82, 2.24) is 15.5 Å². The molecule has 5 heteroatoms. The first-order valence-corrected chi connectivity index (χ1v) is 9.99. The minimum Gasteiger partial charge on any atom is -0.357 e. The Morgan fingerprint density at radius 2 is 1.91 bits per heavy atom. The van der Waals surface area contributed by atoms with E-state index in [-0.39, 0.29) is 4.75 Å². The van der Waals surface area contributed by atoms with Crippen LogP contribution in [0, 0.1) is 5.92 Å². The molecule has 1 heterocycles. The molecule has 1 atom stereocenters. The topological polar surface area (TPSA) is 39.7 Å². The normalized spacial score (nSPS) is 19.0. The second kappa shape index (κ2) is 10.4. The van der Waals surface area contributed by atoms with E-state index >= 15 is 0 Å². The summed E-state index contributed by atoms with van der Waals surface area (Å²) in [4.78, 5) is 7.34. The van der Waals surface area contributed by atoms with Crippen LogP contribution in [0.4, 0.5) is 0 Å². The minimum atomic E-state index is 0.196. The Bertz CT molecular complexity index is 325. The maximum atomic E-state index is 4.73. The van der Waals surface area contributed by atoms with Crippen LogP contribution in [-0.4, -0.2) is 61.1 Å². The first kappa shape index (κ1) is 19.6. The van der Waals surface area contributed by atoms with Gasteiger partial charge < -0.3 is 15.5 Å². The standard InChI is InChI=1S/C17H36N4S/c1-6-18-16(20-14-17(3,4)22-5)19-12-15(2)13-21-10-8-7-9-11-21/h15H,6-14H2,1-5H3,(H2,18,19,20). The van der Waals surface area contributed by atoms with Crippen molar-refractivity contribution in [2.24, 2.45) is 10.9 Å². The van der Waals surface area contributed by atoms with Crippen molar-refractivity contribution < 1.29 is 0 Å². The molecule has 0 radical (unpaired) electrons. The maximum Gasteiger partial charge on any atom is 0.191 e. The Morgan fingerprint density at radius 3 is 2.50 bits per heavy atom. The highest BCUT2D eigenvalue weighted by atomic mass is 32.2. The highest BCUT2D eigenvalue weighted by Gasteiger charge is 2.16. The van der Waals surface area contributed by atoms with Gasteiger partial charge in [-0.15, -0.1) is 0 Å². The number of hydrogen-bond donors (Lipinski definition) is 2. The average molecular weight is 329 g/mol. The van der Waals surface area contributed by atoms with Crippen LogP contribution in [-0.2, 0) is 0 Å². The third-order valence-electron chi connectivity index (χ3n) is 4.15. The number of thioether (sulfide) groups is 1. The molecular formula is C17H36N4S. The van der Waals surface area contributed by atoms with E-state index in [9.17, 15) is 0 Å². The summed E-state index contributed by atoms with van der Waals surface area (Å²) < 4.78 is 0.196. The van der Waals surface area contributed by atoms with Gasteiger partial charge in [-0.2, -0.15) is 11.8 Å². The van der Waals surface area contributed by atoms with Gasteiger partial charge in [-0.25, -0.2) is 0 Å². The summed E-state index contributed by atoms with van der Waals surface area (Å²) in [6.45, 7) is 15.4. The van der Waals surface area contributed by atoms with Gasteiger partial charge >= 0.3 is 0 Å². The number of aliphatic imine (C=N–C) groups is 1. The zero-order chi connectivity index (χ0) is 16.4. The molecule has 22 heavy (non-hydrogen) atoms. The van der Waals surface area contributed by atoms with Crippen molar-refractivity contribution in [3.05, 3.63) is 0 Å². The van der Waals surface area contributed by atoms with Crippen molar-refractivity contribution in [3.8, 4) is 0 Å². The zero-order valence-corrected chi connectivity index (χ0v) is 16.1. The molecule has 1 aliphatic rings. The molecule has 1 rings (SSSR count). The van der Waals surface area contributed by atoms with Crippen LogP contribution in [0.1, 0.15) is 47.0 Å². The Labute approximate surface area is 141 Å². The molecule has 0 aromatic heterocycles. The lowest BCUT2D eigenvalue weighted by Gasteiger charge is -2.29. The van der Waals surface area contributed by atoms with Crippen molar-refractivity contribution in [1.29, 1.82) is 0 Å². The van der Waals surface area contributed by atoms with E-state index in [1.54, 1.807) is 0 Å². The second-order valence-corrected chi connectivity index (χ2v) is 8.52. The molecule has 0 bridgehead atoms. The van der Waals surface area contributed by atoms with Crippen LogP contribution in [0.5, 0.6) is 0 Å². The van der Waals surface area contributed by atoms with Crippen molar-refractivity contribution in [2.75, 3.05) is 45.5 Å². The van der Waals surface area contributed by atoms with Crippen LogP contribution in [0.3, 0.4) is 0 Å². The van der Waals surface area contributed by atoms with Crippen molar-refractivity contribution >= 4 is 17.7 Å². The Morgan fingerprint density at radius 1 is 1.23 bits per heavy atom. The van der Waals surface area contributed by atoms with Gasteiger partial charge in [0.25, 0.3) is 0 Å². The molecule has 1 saturated heterocycles. The zero-order valence-electron chi connectivity index (χ0n) is 15.2. The fraction of sp³-hybridized carbons (Fsp3) is 0.941. The lowest BCUT2D eigenvalue weighted by molar-refractivity contribution is 0.201. The number of guanidine groups is 1. The molecule has 0 aliphatic carbocycles. The summed E-state index contributed by atoms with van der Waals surface area (Å²) in [5.41, 5.74) is 0. The summed E-state index contributed by atoms with van der Waals surface area (Å²) in [6.07, 6.45) is 6.30. The molecule has 0 aromatic carbocycles. The monoisotopic (exact) mass is 328 g/mol. The van der Waals surface area contributed by atoms with Gasteiger partial charge in [0.15, 0.2) is 5.96 Å². The summed E-state index contributed by atoms with van der Waals surface area (Å²) >= 11 is 1.87. The number of hydrogen-bond acceptors (Lipinski definition) is 3. The van der Waals surface area contributed by atoms with Gasteiger partial charge in [0.05, 0.1) is 6.54 Å². The lowest BCUT2D eigenvalue weighted by Crippen LogP contribution is -2.43. The van der Waals surface area contributed by atoms with E-state index in [1.165, 1.54) is 38.9 Å². The van der Waals surface area contributed by atoms with Gasteiger partial charge in [0, 0.05) is 24.4 Å². The molecule has 0 spiro atoms. The molecular weight excluding hydrogens is 292 g/mol. The maximum absolute atomic E-state index is 4.73. The summed E-state index contributed by atoms with van der Waals surface area (Å²) in [5.74, 6) is 1.60. The lowest BCUT2D eigenvalue weighted by atomic mass is 10.1. The molecule has 130 valence electrons. The Kier molecular flexibility index (Phi) is 9.25. The van der Waals surface area contributed by atoms with E-state index in [4.69, 9.17) is 4.99 Å². The number of nitrogens with zero attached hydrogens (tertiary/aromatic N) is 2. The molecule has 1 unspecified atom stereocenters. The summed E-state index contributed by atoms with van der Waals surface area (Å²) in [5, 5.41) is 6.86. The first-order valence-electron chi connectivity index (χ1n) is 8.76. The number of likely N-dealkylation sites (tertiary alicyclic amines) is 1. The van der Waals surface area contributed by atoms with E-state index in [0.29, 0.717) is 5.92 Å². The largest absolute Gasteiger partial charge is 0.357 e. The fourth-order valence-electron chi connectivity index (χ4n) is 2.59. The quantitative estimate of drug-likeness (QED) is 0.531. The molecule has 0 saturated carbocycles. The molecule has 4 nitrogen and oxygen atoms in total. The predicted molar refractivity (Wildman–Crippen MR) is 101 cm³/mol. The number of nitrogens with one attached hydrogen (secondary N) is 2. The molecule has 1 fully saturated rings. The van der Waals surface area contributed by atoms with Gasteiger partial charge in [0.1, 0.15) is 0 Å².